The molecule has 0 fully saturated rings. The Morgan fingerprint density at radius 1 is 1.47 bits per heavy atom. The SMILES string of the molecule is C#CCN1Cc2ccccc2OP1n1cnc(Br)c1. The summed E-state index contributed by atoms with van der Waals surface area (Å²) in [7, 11) is -0.987. The number of fused-ring (bicyclic) bond motifs is 1. The Kier molecular flexibility index (Phi) is 3.56. The molecule has 0 saturated heterocycles. The van der Waals surface area contributed by atoms with E-state index < -0.39 is 8.45 Å². The maximum Gasteiger partial charge on any atom is 0.285 e. The predicted molar refractivity (Wildman–Crippen MR) is 78.6 cm³/mol. The smallest absolute Gasteiger partial charge is 0.285 e. The molecule has 1 unspecified atom stereocenters. The van der Waals surface area contributed by atoms with E-state index in [-0.39, 0.29) is 0 Å². The Morgan fingerprint density at radius 3 is 3.05 bits per heavy atom. The molecule has 2 heterocycles. The monoisotopic (exact) mass is 335 g/mol. The molecule has 0 bridgehead atoms. The van der Waals surface area contributed by atoms with Gasteiger partial charge in [0.15, 0.2) is 0 Å². The number of nitrogens with zero attached hydrogens (tertiary/aromatic N) is 3. The average Bonchev–Trinajstić information content (AvgIpc) is 2.85. The van der Waals surface area contributed by atoms with Gasteiger partial charge in [0.1, 0.15) is 16.7 Å². The molecule has 1 aromatic heterocycles. The van der Waals surface area contributed by atoms with Gasteiger partial charge in [-0.2, -0.15) is 0 Å². The third-order valence-electron chi connectivity index (χ3n) is 2.76. The van der Waals surface area contributed by atoms with Crippen LogP contribution in [0.3, 0.4) is 0 Å². The first kappa shape index (κ1) is 12.7. The Labute approximate surface area is 121 Å². The maximum absolute atomic E-state index is 6.09. The minimum absolute atomic E-state index is 0.551. The Morgan fingerprint density at radius 2 is 2.32 bits per heavy atom. The molecule has 1 aliphatic rings. The van der Waals surface area contributed by atoms with Gasteiger partial charge < -0.3 is 4.52 Å². The highest BCUT2D eigenvalue weighted by molar-refractivity contribution is 9.10. The Hall–Kier alpha value is -1.34. The van der Waals surface area contributed by atoms with Crippen LogP contribution in [0.1, 0.15) is 5.56 Å². The molecule has 3 rings (SSSR count). The highest BCUT2D eigenvalue weighted by Gasteiger charge is 2.29. The highest BCUT2D eigenvalue weighted by atomic mass is 79.9. The molecule has 19 heavy (non-hydrogen) atoms. The van der Waals surface area contributed by atoms with Gasteiger partial charge in [-0.3, -0.25) is 4.34 Å². The van der Waals surface area contributed by atoms with Gasteiger partial charge in [-0.15, -0.1) is 6.42 Å². The molecule has 1 atom stereocenters. The van der Waals surface area contributed by atoms with Crippen LogP contribution in [0.15, 0.2) is 41.4 Å². The van der Waals surface area contributed by atoms with E-state index in [1.54, 1.807) is 6.33 Å². The van der Waals surface area contributed by atoms with Gasteiger partial charge in [0.05, 0.1) is 6.54 Å². The van der Waals surface area contributed by atoms with Gasteiger partial charge in [-0.1, -0.05) is 24.1 Å². The molecule has 2 aromatic rings. The average molecular weight is 336 g/mol. The van der Waals surface area contributed by atoms with Crippen molar-refractivity contribution < 1.29 is 4.52 Å². The highest BCUT2D eigenvalue weighted by Crippen LogP contribution is 2.49. The van der Waals surface area contributed by atoms with Crippen molar-refractivity contribution in [3.8, 4) is 18.1 Å². The largest absolute Gasteiger partial charge is 0.440 e. The molecule has 1 aliphatic heterocycles. The van der Waals surface area contributed by atoms with Gasteiger partial charge >= 0.3 is 0 Å². The fourth-order valence-corrected chi connectivity index (χ4v) is 4.08. The van der Waals surface area contributed by atoms with Crippen molar-refractivity contribution in [3.05, 3.63) is 47.0 Å². The lowest BCUT2D eigenvalue weighted by molar-refractivity contribution is 0.399. The molecule has 96 valence electrons. The van der Waals surface area contributed by atoms with E-state index in [9.17, 15) is 0 Å². The maximum atomic E-state index is 6.09. The van der Waals surface area contributed by atoms with Crippen LogP contribution in [0.25, 0.3) is 0 Å². The van der Waals surface area contributed by atoms with Gasteiger partial charge in [0.25, 0.3) is 8.45 Å². The fraction of sp³-hybridized carbons (Fsp3) is 0.154. The van der Waals surface area contributed by atoms with Crippen LogP contribution in [0, 0.1) is 12.3 Å². The van der Waals surface area contributed by atoms with Crippen molar-refractivity contribution in [1.82, 2.24) is 14.0 Å². The Bertz CT molecular complexity index is 637. The number of rotatable bonds is 2. The fourth-order valence-electron chi connectivity index (χ4n) is 1.92. The van der Waals surface area contributed by atoms with Crippen molar-refractivity contribution in [2.24, 2.45) is 0 Å². The number of aromatic nitrogens is 2. The van der Waals surface area contributed by atoms with E-state index in [1.165, 1.54) is 0 Å². The summed E-state index contributed by atoms with van der Waals surface area (Å²) in [5.41, 5.74) is 1.16. The van der Waals surface area contributed by atoms with Crippen LogP contribution in [0.5, 0.6) is 5.75 Å². The number of terminal acetylenes is 1. The van der Waals surface area contributed by atoms with E-state index >= 15 is 0 Å². The summed E-state index contributed by atoms with van der Waals surface area (Å²) in [6.45, 7) is 1.34. The van der Waals surface area contributed by atoms with Crippen molar-refractivity contribution in [1.29, 1.82) is 0 Å². The van der Waals surface area contributed by atoms with E-state index in [0.29, 0.717) is 6.54 Å². The molecule has 6 heteroatoms. The van der Waals surface area contributed by atoms with Crippen LogP contribution in [-0.2, 0) is 6.54 Å². The first-order valence-electron chi connectivity index (χ1n) is 5.72. The molecule has 4 nitrogen and oxygen atoms in total. The lowest BCUT2D eigenvalue weighted by atomic mass is 10.2. The summed E-state index contributed by atoms with van der Waals surface area (Å²) in [4.78, 5) is 4.18. The third-order valence-corrected chi connectivity index (χ3v) is 4.91. The van der Waals surface area contributed by atoms with E-state index in [1.807, 2.05) is 28.7 Å². The first-order valence-corrected chi connectivity index (χ1v) is 7.68. The predicted octanol–water partition coefficient (Wildman–Crippen LogP) is 3.25. The minimum Gasteiger partial charge on any atom is -0.440 e. The topological polar surface area (TPSA) is 30.3 Å². The summed E-state index contributed by atoms with van der Waals surface area (Å²) < 4.78 is 11.0. The second-order valence-electron chi connectivity index (χ2n) is 4.05. The van der Waals surface area contributed by atoms with Crippen LogP contribution in [0.4, 0.5) is 0 Å². The second-order valence-corrected chi connectivity index (χ2v) is 6.58. The molecule has 0 aliphatic carbocycles. The Balaban J connectivity index is 1.96. The van der Waals surface area contributed by atoms with Crippen molar-refractivity contribution in [2.45, 2.75) is 6.54 Å². The molecule has 0 spiro atoms. The lowest BCUT2D eigenvalue weighted by Crippen LogP contribution is -2.27. The van der Waals surface area contributed by atoms with E-state index in [4.69, 9.17) is 10.9 Å². The molecule has 1 aromatic carbocycles. The zero-order valence-electron chi connectivity index (χ0n) is 10.0. The van der Waals surface area contributed by atoms with Crippen LogP contribution >= 0.6 is 24.4 Å². The summed E-state index contributed by atoms with van der Waals surface area (Å²) >= 11 is 3.35. The van der Waals surface area contributed by atoms with E-state index in [0.717, 1.165) is 22.5 Å². The molecular weight excluding hydrogens is 325 g/mol. The van der Waals surface area contributed by atoms with Crippen molar-refractivity contribution in [3.63, 3.8) is 0 Å². The standard InChI is InChI=1S/C13H11BrN3OP/c1-2-7-16-8-11-5-3-4-6-12(11)18-19(16)17-9-13(14)15-10-17/h1,3-6,9-10H,7-8H2. The molecule has 0 N–H and O–H groups in total. The zero-order valence-corrected chi connectivity index (χ0v) is 12.5. The minimum atomic E-state index is -0.987. The molecule has 0 amide bonds. The van der Waals surface area contributed by atoms with Crippen LogP contribution in [-0.4, -0.2) is 20.5 Å². The normalized spacial score (nSPS) is 18.4. The lowest BCUT2D eigenvalue weighted by Gasteiger charge is -2.34. The van der Waals surface area contributed by atoms with Gasteiger partial charge in [-0.25, -0.2) is 9.65 Å². The van der Waals surface area contributed by atoms with Crippen molar-refractivity contribution in [2.75, 3.05) is 6.54 Å². The molecule has 0 saturated carbocycles. The summed E-state index contributed by atoms with van der Waals surface area (Å²) in [6, 6.07) is 8.05. The number of hydrogen-bond donors (Lipinski definition) is 0. The number of para-hydroxylation sites is 1. The van der Waals surface area contributed by atoms with Crippen LogP contribution < -0.4 is 4.52 Å². The van der Waals surface area contributed by atoms with E-state index in [2.05, 4.69) is 37.6 Å². The number of halogens is 1. The van der Waals surface area contributed by atoms with Crippen molar-refractivity contribution >= 4 is 24.4 Å². The quantitative estimate of drug-likeness (QED) is 0.623. The summed E-state index contributed by atoms with van der Waals surface area (Å²) in [5, 5.41) is 0. The van der Waals surface area contributed by atoms with Gasteiger partial charge in [-0.05, 0) is 22.0 Å². The summed E-state index contributed by atoms with van der Waals surface area (Å²) in [5.74, 6) is 3.61. The first-order chi connectivity index (χ1) is 9.28. The molecule has 0 radical (unpaired) electrons. The number of benzene rings is 1. The third kappa shape index (κ3) is 2.52. The number of hydrogen-bond acceptors (Lipinski definition) is 3. The number of imidazole rings is 1. The van der Waals surface area contributed by atoms with Gasteiger partial charge in [0.2, 0.25) is 0 Å². The van der Waals surface area contributed by atoms with Gasteiger partial charge in [0, 0.05) is 18.3 Å². The zero-order chi connectivity index (χ0) is 13.2. The summed E-state index contributed by atoms with van der Waals surface area (Å²) in [6.07, 6.45) is 9.12. The van der Waals surface area contributed by atoms with Crippen LogP contribution in [0.2, 0.25) is 0 Å². The second kappa shape index (κ2) is 5.34. The molecular formula is C13H11BrN3OP.